The van der Waals surface area contributed by atoms with Gasteiger partial charge in [-0.1, -0.05) is 18.2 Å². The molecular weight excluding hydrogens is 348 g/mol. The maximum Gasteiger partial charge on any atom is 0.287 e. The molecule has 0 saturated heterocycles. The van der Waals surface area contributed by atoms with Crippen LogP contribution in [-0.4, -0.2) is 43.7 Å². The first kappa shape index (κ1) is 19.0. The minimum absolute atomic E-state index is 0.109. The fourth-order valence-corrected chi connectivity index (χ4v) is 2.97. The van der Waals surface area contributed by atoms with Crippen molar-refractivity contribution in [2.45, 2.75) is 30.9 Å². The highest BCUT2D eigenvalue weighted by Gasteiger charge is 2.39. The van der Waals surface area contributed by atoms with Gasteiger partial charge in [0.15, 0.2) is 11.9 Å². The van der Waals surface area contributed by atoms with Crippen molar-refractivity contribution >= 4 is 11.8 Å². The largest absolute Gasteiger partial charge is 0.490 e. The molecule has 1 heterocycles. The highest BCUT2D eigenvalue weighted by atomic mass is 16.5. The van der Waals surface area contributed by atoms with Crippen molar-refractivity contribution in [3.63, 3.8) is 0 Å². The first-order valence-electron chi connectivity index (χ1n) is 8.96. The summed E-state index contributed by atoms with van der Waals surface area (Å²) in [4.78, 5) is 24.7. The van der Waals surface area contributed by atoms with E-state index in [2.05, 4.69) is 10.6 Å². The molecule has 7 heteroatoms. The molecule has 3 rings (SSSR count). The molecule has 1 aliphatic carbocycles. The molecule has 0 aliphatic heterocycles. The van der Waals surface area contributed by atoms with Gasteiger partial charge in [-0.15, -0.1) is 0 Å². The standard InChI is InChI=1S/C20H24N2O5/c1-25-17(13-27-15-7-3-2-4-8-15)18(23)21-14-20(10-6-11-20)22-19(24)16-9-5-12-26-16/h2-5,7-9,12,17H,6,10-11,13-14H2,1H3,(H,21,23)(H,22,24). The van der Waals surface area contributed by atoms with E-state index in [0.29, 0.717) is 12.3 Å². The van der Waals surface area contributed by atoms with Gasteiger partial charge in [0.25, 0.3) is 11.8 Å². The number of rotatable bonds is 9. The van der Waals surface area contributed by atoms with Gasteiger partial charge in [0.1, 0.15) is 12.4 Å². The van der Waals surface area contributed by atoms with E-state index in [0.717, 1.165) is 19.3 Å². The van der Waals surface area contributed by atoms with Crippen molar-refractivity contribution in [1.82, 2.24) is 10.6 Å². The van der Waals surface area contributed by atoms with Crippen molar-refractivity contribution in [1.29, 1.82) is 0 Å². The minimum Gasteiger partial charge on any atom is -0.490 e. The number of carbonyl (C=O) groups excluding carboxylic acids is 2. The lowest BCUT2D eigenvalue weighted by atomic mass is 9.76. The summed E-state index contributed by atoms with van der Waals surface area (Å²) in [7, 11) is 1.47. The Hall–Kier alpha value is -2.80. The molecular formula is C20H24N2O5. The van der Waals surface area contributed by atoms with Crippen LogP contribution in [0.2, 0.25) is 0 Å². The molecule has 0 radical (unpaired) electrons. The zero-order valence-electron chi connectivity index (χ0n) is 15.3. The summed E-state index contributed by atoms with van der Waals surface area (Å²) >= 11 is 0. The molecule has 144 valence electrons. The number of benzene rings is 1. The second kappa shape index (κ2) is 8.73. The highest BCUT2D eigenvalue weighted by molar-refractivity contribution is 5.92. The maximum absolute atomic E-state index is 12.4. The molecule has 7 nitrogen and oxygen atoms in total. The molecule has 27 heavy (non-hydrogen) atoms. The molecule has 2 amide bonds. The number of amides is 2. The predicted molar refractivity (Wildman–Crippen MR) is 98.5 cm³/mol. The zero-order valence-corrected chi connectivity index (χ0v) is 15.3. The molecule has 1 aromatic heterocycles. The van der Waals surface area contributed by atoms with Crippen LogP contribution in [0.15, 0.2) is 53.1 Å². The Morgan fingerprint density at radius 3 is 2.56 bits per heavy atom. The normalized spacial score (nSPS) is 16.0. The lowest BCUT2D eigenvalue weighted by molar-refractivity contribution is -0.133. The van der Waals surface area contributed by atoms with E-state index >= 15 is 0 Å². The summed E-state index contributed by atoms with van der Waals surface area (Å²) in [5.41, 5.74) is -0.446. The smallest absolute Gasteiger partial charge is 0.287 e. The molecule has 0 bridgehead atoms. The fourth-order valence-electron chi connectivity index (χ4n) is 2.97. The minimum atomic E-state index is -0.733. The Morgan fingerprint density at radius 1 is 1.19 bits per heavy atom. The number of carbonyl (C=O) groups is 2. The number of furan rings is 1. The van der Waals surface area contributed by atoms with E-state index in [4.69, 9.17) is 13.9 Å². The number of methoxy groups -OCH3 is 1. The number of hydrogen-bond acceptors (Lipinski definition) is 5. The van der Waals surface area contributed by atoms with Crippen LogP contribution >= 0.6 is 0 Å². The van der Waals surface area contributed by atoms with Crippen LogP contribution in [0.25, 0.3) is 0 Å². The molecule has 1 fully saturated rings. The number of hydrogen-bond donors (Lipinski definition) is 2. The van der Waals surface area contributed by atoms with Gasteiger partial charge in [-0.2, -0.15) is 0 Å². The van der Waals surface area contributed by atoms with Gasteiger partial charge in [-0.05, 0) is 43.5 Å². The monoisotopic (exact) mass is 372 g/mol. The average Bonchev–Trinajstić information content (AvgIpc) is 3.20. The summed E-state index contributed by atoms with van der Waals surface area (Å²) in [5, 5.41) is 5.86. The molecule has 2 aromatic rings. The van der Waals surface area contributed by atoms with Gasteiger partial charge in [-0.3, -0.25) is 9.59 Å². The van der Waals surface area contributed by atoms with E-state index in [1.54, 1.807) is 12.1 Å². The van der Waals surface area contributed by atoms with Crippen molar-refractivity contribution in [2.75, 3.05) is 20.3 Å². The molecule has 1 atom stereocenters. The van der Waals surface area contributed by atoms with Crippen molar-refractivity contribution < 1.29 is 23.5 Å². The van der Waals surface area contributed by atoms with Crippen LogP contribution in [0.5, 0.6) is 5.75 Å². The summed E-state index contributed by atoms with van der Waals surface area (Å²) in [6, 6.07) is 12.5. The Bertz CT molecular complexity index is 741. The van der Waals surface area contributed by atoms with Crippen LogP contribution in [0.4, 0.5) is 0 Å². The lowest BCUT2D eigenvalue weighted by Gasteiger charge is -2.42. The van der Waals surface area contributed by atoms with Crippen LogP contribution in [-0.2, 0) is 9.53 Å². The number of para-hydroxylation sites is 1. The van der Waals surface area contributed by atoms with Gasteiger partial charge in [-0.25, -0.2) is 0 Å². The Balaban J connectivity index is 1.50. The van der Waals surface area contributed by atoms with Gasteiger partial charge in [0, 0.05) is 13.7 Å². The Morgan fingerprint density at radius 2 is 1.96 bits per heavy atom. The molecule has 1 saturated carbocycles. The highest BCUT2D eigenvalue weighted by Crippen LogP contribution is 2.31. The van der Waals surface area contributed by atoms with Gasteiger partial charge >= 0.3 is 0 Å². The van der Waals surface area contributed by atoms with E-state index in [9.17, 15) is 9.59 Å². The Kier molecular flexibility index (Phi) is 6.13. The molecule has 1 unspecified atom stereocenters. The van der Waals surface area contributed by atoms with Gasteiger partial charge in [0.2, 0.25) is 0 Å². The SMILES string of the molecule is COC(COc1ccccc1)C(=O)NCC1(NC(=O)c2ccco2)CCC1. The van der Waals surface area contributed by atoms with Crippen molar-refractivity contribution in [2.24, 2.45) is 0 Å². The summed E-state index contributed by atoms with van der Waals surface area (Å²) in [6.07, 6.45) is 3.33. The summed E-state index contributed by atoms with van der Waals surface area (Å²) in [6.45, 7) is 0.446. The molecule has 1 aromatic carbocycles. The van der Waals surface area contributed by atoms with E-state index in [1.807, 2.05) is 30.3 Å². The third-order valence-electron chi connectivity index (χ3n) is 4.76. The number of nitrogens with one attached hydrogen (secondary N) is 2. The molecule has 1 aliphatic rings. The number of ether oxygens (including phenoxy) is 2. The first-order valence-corrected chi connectivity index (χ1v) is 8.96. The van der Waals surface area contributed by atoms with Crippen molar-refractivity contribution in [3.05, 3.63) is 54.5 Å². The lowest BCUT2D eigenvalue weighted by Crippen LogP contribution is -2.60. The van der Waals surface area contributed by atoms with Crippen LogP contribution in [0.1, 0.15) is 29.8 Å². The maximum atomic E-state index is 12.4. The summed E-state index contributed by atoms with van der Waals surface area (Å²) < 4.78 is 16.0. The Labute approximate surface area is 158 Å². The van der Waals surface area contributed by atoms with Gasteiger partial charge < -0.3 is 24.5 Å². The quantitative estimate of drug-likeness (QED) is 0.704. The first-order chi connectivity index (χ1) is 13.1. The van der Waals surface area contributed by atoms with E-state index < -0.39 is 11.6 Å². The second-order valence-corrected chi connectivity index (χ2v) is 6.63. The van der Waals surface area contributed by atoms with E-state index in [-0.39, 0.29) is 24.2 Å². The summed E-state index contributed by atoms with van der Waals surface area (Å²) in [5.74, 6) is 0.392. The molecule has 0 spiro atoms. The van der Waals surface area contributed by atoms with Gasteiger partial charge in [0.05, 0.1) is 11.8 Å². The average molecular weight is 372 g/mol. The third kappa shape index (κ3) is 4.89. The third-order valence-corrected chi connectivity index (χ3v) is 4.76. The zero-order chi connectivity index (χ0) is 19.1. The van der Waals surface area contributed by atoms with Crippen LogP contribution in [0, 0.1) is 0 Å². The topological polar surface area (TPSA) is 89.8 Å². The van der Waals surface area contributed by atoms with E-state index in [1.165, 1.54) is 13.4 Å². The van der Waals surface area contributed by atoms with Crippen LogP contribution < -0.4 is 15.4 Å². The van der Waals surface area contributed by atoms with Crippen LogP contribution in [0.3, 0.4) is 0 Å². The fraction of sp³-hybridized carbons (Fsp3) is 0.400. The molecule has 2 N–H and O–H groups in total. The predicted octanol–water partition coefficient (Wildman–Crippen LogP) is 2.14. The second-order valence-electron chi connectivity index (χ2n) is 6.63. The van der Waals surface area contributed by atoms with Crippen molar-refractivity contribution in [3.8, 4) is 5.75 Å².